The molecule has 0 aliphatic carbocycles. The molecule has 9 aromatic rings. The molecular weight excluding hydrogens is 920 g/mol. The van der Waals surface area contributed by atoms with E-state index in [1.165, 1.54) is 0 Å². The van der Waals surface area contributed by atoms with Gasteiger partial charge in [0.1, 0.15) is 5.82 Å². The Morgan fingerprint density at radius 2 is 1.35 bits per heavy atom. The summed E-state index contributed by atoms with van der Waals surface area (Å²) in [5.74, 6) is 1.38. The molecule has 60 heavy (non-hydrogen) atoms. The fraction of sp³-hybridized carbons (Fsp3) is 0.115. The minimum atomic E-state index is -0.584. The van der Waals surface area contributed by atoms with Crippen molar-refractivity contribution in [3.63, 3.8) is 0 Å². The van der Waals surface area contributed by atoms with Gasteiger partial charge in [-0.1, -0.05) is 112 Å². The van der Waals surface area contributed by atoms with E-state index in [4.69, 9.17) is 33.4 Å². The number of nitrogens with zero attached hydrogens (tertiary/aromatic N) is 6. The molecule has 4 aromatic heterocycles. The second kappa shape index (κ2) is 15.6. The fourth-order valence-electron chi connectivity index (χ4n) is 7.69. The third kappa shape index (κ3) is 6.83. The van der Waals surface area contributed by atoms with E-state index in [0.29, 0.717) is 39.9 Å². The second-order valence-electron chi connectivity index (χ2n) is 15.2. The zero-order chi connectivity index (χ0) is 49.0. The van der Waals surface area contributed by atoms with Crippen LogP contribution in [0.3, 0.4) is 0 Å². The average Bonchev–Trinajstić information content (AvgIpc) is 3.88. The third-order valence-electron chi connectivity index (χ3n) is 10.4. The predicted molar refractivity (Wildman–Crippen MR) is 239 cm³/mol. The molecule has 0 bridgehead atoms. The van der Waals surface area contributed by atoms with Gasteiger partial charge in [-0.05, 0) is 88.9 Å². The van der Waals surface area contributed by atoms with Gasteiger partial charge in [-0.15, -0.1) is 36.6 Å². The predicted octanol–water partition coefficient (Wildman–Crippen LogP) is 13.0. The first-order chi connectivity index (χ1) is 32.9. The number of hydrogen-bond acceptors (Lipinski definition) is 6. The van der Waals surface area contributed by atoms with Gasteiger partial charge in [-0.25, -0.2) is 4.98 Å². The average molecular weight is 971 g/mol. The van der Waals surface area contributed by atoms with Crippen molar-refractivity contribution < 1.29 is 39.5 Å². The van der Waals surface area contributed by atoms with E-state index >= 15 is 0 Å². The standard InChI is InChI=1S/C52H41N6O.Pt/c1-34-48(36-17-8-6-9-18-36)51(49(35(2)55-34)37-19-10-7-11-20-37)57-33-56(44-25-14-15-26-45(44)57)39-21-16-22-40(30-39)59-41-31-46-50(54-32-41)42-23-12-13-24-43(42)58(46)47-29-38(27-28-53-47)52(3,4)5;/h6-29,32-33H,1-5H3;/q-3;/i6D,7D,8D,9D,10D,11D,17D,18D,19D,20D;. The van der Waals surface area contributed by atoms with Crippen LogP contribution in [0.1, 0.15) is 51.4 Å². The van der Waals surface area contributed by atoms with Crippen LogP contribution in [0.4, 0.5) is 22.7 Å². The number of rotatable bonds is 7. The number of aromatic nitrogens is 4. The molecular formula is C52H41N6OPt-3. The Balaban J connectivity index is 0.00000608. The van der Waals surface area contributed by atoms with Crippen LogP contribution in [0.2, 0.25) is 0 Å². The number of benzene rings is 5. The van der Waals surface area contributed by atoms with Crippen LogP contribution >= 0.6 is 0 Å². The summed E-state index contributed by atoms with van der Waals surface area (Å²) in [6.07, 6.45) is 3.43. The number of anilines is 4. The van der Waals surface area contributed by atoms with Crippen LogP contribution in [-0.4, -0.2) is 19.5 Å². The van der Waals surface area contributed by atoms with Crippen LogP contribution in [0.25, 0.3) is 50.0 Å². The summed E-state index contributed by atoms with van der Waals surface area (Å²) in [6, 6.07) is 26.3. The van der Waals surface area contributed by atoms with E-state index in [9.17, 15) is 0 Å². The van der Waals surface area contributed by atoms with Crippen molar-refractivity contribution in [1.82, 2.24) is 19.5 Å². The zero-order valence-electron chi connectivity index (χ0n) is 43.1. The molecule has 5 aromatic carbocycles. The number of pyridine rings is 3. The van der Waals surface area contributed by atoms with Crippen molar-refractivity contribution in [3.8, 4) is 39.6 Å². The first-order valence-electron chi connectivity index (χ1n) is 24.0. The summed E-state index contributed by atoms with van der Waals surface area (Å²) < 4.78 is 96.3. The topological polar surface area (TPSA) is 59.3 Å². The van der Waals surface area contributed by atoms with Crippen molar-refractivity contribution in [2.24, 2.45) is 0 Å². The molecule has 0 saturated heterocycles. The molecule has 0 amide bonds. The van der Waals surface area contributed by atoms with E-state index in [2.05, 4.69) is 39.0 Å². The maximum Gasteiger partial charge on any atom is 0.135 e. The van der Waals surface area contributed by atoms with E-state index in [0.717, 1.165) is 22.0 Å². The molecule has 5 heterocycles. The van der Waals surface area contributed by atoms with Crippen molar-refractivity contribution in [2.45, 2.75) is 40.0 Å². The molecule has 0 saturated carbocycles. The monoisotopic (exact) mass is 970 g/mol. The fourth-order valence-corrected chi connectivity index (χ4v) is 7.69. The van der Waals surface area contributed by atoms with Crippen LogP contribution in [0.15, 0.2) is 152 Å². The van der Waals surface area contributed by atoms with Crippen LogP contribution in [0, 0.1) is 32.6 Å². The first-order valence-corrected chi connectivity index (χ1v) is 19.0. The molecule has 1 aliphatic heterocycles. The van der Waals surface area contributed by atoms with Crippen molar-refractivity contribution in [3.05, 3.63) is 187 Å². The number of fused-ring (bicyclic) bond motifs is 4. The Hall–Kier alpha value is -6.56. The smallest absolute Gasteiger partial charge is 0.135 e. The Morgan fingerprint density at radius 3 is 2.03 bits per heavy atom. The van der Waals surface area contributed by atoms with Crippen LogP contribution in [-0.2, 0) is 26.5 Å². The second-order valence-corrected chi connectivity index (χ2v) is 15.2. The summed E-state index contributed by atoms with van der Waals surface area (Å²) in [5, 5.41) is 0.934. The largest absolute Gasteiger partial charge is 0.508 e. The van der Waals surface area contributed by atoms with Crippen LogP contribution < -0.4 is 14.5 Å². The number of para-hydroxylation sites is 3. The zero-order valence-corrected chi connectivity index (χ0v) is 35.4. The van der Waals surface area contributed by atoms with Gasteiger partial charge < -0.3 is 24.1 Å². The SMILES string of the molecule is [2H]c1c([2H])c([2H])c(-c2c(C)nc(C)c(-c3c([2H])c([2H])c([2H])c([2H])c3[2H])c2N2[CH-]N(c3[c-]c(Oc4[c-]c5c(nc4)c4ccccc4n5-c4cc(C(C)(C)C)ccn4)ccc3)c3ccccc32)c([2H])c1[2H].[Pt]. The summed E-state index contributed by atoms with van der Waals surface area (Å²) in [5.41, 5.74) is 5.68. The van der Waals surface area contributed by atoms with Gasteiger partial charge in [0, 0.05) is 83.9 Å². The Morgan fingerprint density at radius 1 is 0.700 bits per heavy atom. The van der Waals surface area contributed by atoms with Gasteiger partial charge in [-0.2, -0.15) is 6.07 Å². The number of ether oxygens (including phenoxy) is 1. The molecule has 0 spiro atoms. The molecule has 0 unspecified atom stereocenters. The van der Waals surface area contributed by atoms with Gasteiger partial charge in [0.25, 0.3) is 0 Å². The van der Waals surface area contributed by atoms with E-state index in [1.807, 2.05) is 82.4 Å². The van der Waals surface area contributed by atoms with Gasteiger partial charge >= 0.3 is 0 Å². The maximum atomic E-state index is 9.11. The Bertz CT molecular complexity index is 3480. The molecule has 0 fully saturated rings. The van der Waals surface area contributed by atoms with Gasteiger partial charge in [-0.3, -0.25) is 4.98 Å². The van der Waals surface area contributed by atoms with Gasteiger partial charge in [0.2, 0.25) is 0 Å². The molecule has 0 radical (unpaired) electrons. The normalized spacial score (nSPS) is 14.8. The van der Waals surface area contributed by atoms with Crippen molar-refractivity contribution in [2.75, 3.05) is 9.80 Å². The molecule has 0 N–H and O–H groups in total. The van der Waals surface area contributed by atoms with E-state index in [-0.39, 0.29) is 65.8 Å². The Kier molecular flexibility index (Phi) is 7.47. The summed E-state index contributed by atoms with van der Waals surface area (Å²) >= 11 is 0. The van der Waals surface area contributed by atoms with Crippen LogP contribution in [0.5, 0.6) is 11.5 Å². The van der Waals surface area contributed by atoms with Crippen molar-refractivity contribution >= 4 is 44.7 Å². The molecule has 1 aliphatic rings. The van der Waals surface area contributed by atoms with Crippen molar-refractivity contribution in [1.29, 1.82) is 0 Å². The summed E-state index contributed by atoms with van der Waals surface area (Å²) in [7, 11) is 0. The first kappa shape index (κ1) is 28.8. The van der Waals surface area contributed by atoms with Gasteiger partial charge in [0.05, 0.1) is 13.7 Å². The number of hydrogen-bond donors (Lipinski definition) is 0. The third-order valence-corrected chi connectivity index (χ3v) is 10.4. The molecule has 10 rings (SSSR count). The number of aryl methyl sites for hydroxylation is 2. The quantitative estimate of drug-likeness (QED) is 0.148. The molecule has 298 valence electrons. The molecule has 7 nitrogen and oxygen atoms in total. The Labute approximate surface area is 379 Å². The minimum Gasteiger partial charge on any atom is -0.508 e. The minimum absolute atomic E-state index is 0. The van der Waals surface area contributed by atoms with E-state index in [1.54, 1.807) is 37.7 Å². The maximum absolute atomic E-state index is 9.11. The van der Waals surface area contributed by atoms with Gasteiger partial charge in [0.15, 0.2) is 0 Å². The summed E-state index contributed by atoms with van der Waals surface area (Å²) in [4.78, 5) is 18.0. The molecule has 8 heteroatoms. The molecule has 0 atom stereocenters. The summed E-state index contributed by atoms with van der Waals surface area (Å²) in [6.45, 7) is 11.5. The van der Waals surface area contributed by atoms with E-state index < -0.39 is 60.4 Å².